The summed E-state index contributed by atoms with van der Waals surface area (Å²) in [4.78, 5) is 36.7. The number of rotatable bonds is 2. The van der Waals surface area contributed by atoms with Crippen LogP contribution in [0.15, 0.2) is 51.7 Å². The molecule has 28 heavy (non-hydrogen) atoms. The van der Waals surface area contributed by atoms with Crippen LogP contribution in [0.3, 0.4) is 0 Å². The molecule has 2 amide bonds. The van der Waals surface area contributed by atoms with E-state index in [1.54, 1.807) is 49.4 Å². The number of aromatic amines is 1. The number of H-pyrrole nitrogens is 1. The summed E-state index contributed by atoms with van der Waals surface area (Å²) < 4.78 is 5.55. The number of carbonyl (C=O) groups is 2. The lowest BCUT2D eigenvalue weighted by Gasteiger charge is -2.07. The zero-order valence-corrected chi connectivity index (χ0v) is 15.3. The van der Waals surface area contributed by atoms with Crippen molar-refractivity contribution >= 4 is 45.2 Å². The van der Waals surface area contributed by atoms with Gasteiger partial charge in [0.15, 0.2) is 11.5 Å². The van der Waals surface area contributed by atoms with Gasteiger partial charge in [0.2, 0.25) is 0 Å². The zero-order valence-electron chi connectivity index (χ0n) is 14.5. The van der Waals surface area contributed by atoms with Crippen molar-refractivity contribution in [3.63, 3.8) is 0 Å². The van der Waals surface area contributed by atoms with Crippen LogP contribution >= 0.6 is 11.6 Å². The maximum absolute atomic E-state index is 12.4. The van der Waals surface area contributed by atoms with Gasteiger partial charge in [0.05, 0.1) is 5.39 Å². The molecule has 0 saturated carbocycles. The van der Waals surface area contributed by atoms with Crippen LogP contribution < -0.4 is 16.4 Å². The highest BCUT2D eigenvalue weighted by Crippen LogP contribution is 2.27. The summed E-state index contributed by atoms with van der Waals surface area (Å²) in [6.07, 6.45) is 0. The smallest absolute Gasteiger partial charge is 0.305 e. The second-order valence-electron chi connectivity index (χ2n) is 6.05. The summed E-state index contributed by atoms with van der Waals surface area (Å²) in [6.45, 7) is 1.72. The Hall–Kier alpha value is -3.65. The van der Waals surface area contributed by atoms with Crippen molar-refractivity contribution in [2.24, 2.45) is 0 Å². The van der Waals surface area contributed by atoms with Gasteiger partial charge >= 0.3 is 5.91 Å². The maximum atomic E-state index is 12.4. The minimum absolute atomic E-state index is 0.0244. The Morgan fingerprint density at radius 2 is 1.75 bits per heavy atom. The summed E-state index contributed by atoms with van der Waals surface area (Å²) >= 11 is 5.98. The average molecular weight is 397 g/mol. The van der Waals surface area contributed by atoms with E-state index in [9.17, 15) is 14.4 Å². The third kappa shape index (κ3) is 2.99. The monoisotopic (exact) mass is 396 g/mol. The largest absolute Gasteiger partial charge is 0.451 e. The number of hydrazine groups is 1. The van der Waals surface area contributed by atoms with Crippen LogP contribution in [0.2, 0.25) is 5.02 Å². The molecule has 2 heterocycles. The number of aryl methyl sites for hydroxylation is 1. The lowest BCUT2D eigenvalue weighted by atomic mass is 10.1. The minimum Gasteiger partial charge on any atom is -0.451 e. The molecule has 0 aliphatic heterocycles. The third-order valence-corrected chi connectivity index (χ3v) is 4.54. The predicted octanol–water partition coefficient (Wildman–Crippen LogP) is 2.71. The molecule has 3 N–H and O–H groups in total. The van der Waals surface area contributed by atoms with E-state index < -0.39 is 17.4 Å². The highest BCUT2D eigenvalue weighted by Gasteiger charge is 2.20. The van der Waals surface area contributed by atoms with Crippen LogP contribution in [0.1, 0.15) is 26.6 Å². The van der Waals surface area contributed by atoms with Gasteiger partial charge in [-0.05, 0) is 31.2 Å². The van der Waals surface area contributed by atoms with Gasteiger partial charge in [-0.1, -0.05) is 29.8 Å². The number of hydrogen-bond acceptors (Lipinski definition) is 5. The molecule has 140 valence electrons. The molecule has 8 nitrogen and oxygen atoms in total. The van der Waals surface area contributed by atoms with Gasteiger partial charge in [0.1, 0.15) is 5.58 Å². The van der Waals surface area contributed by atoms with Crippen LogP contribution in [0.25, 0.3) is 21.7 Å². The van der Waals surface area contributed by atoms with Crippen molar-refractivity contribution in [3.05, 3.63) is 74.9 Å². The summed E-state index contributed by atoms with van der Waals surface area (Å²) in [5.41, 5.74) is 5.24. The van der Waals surface area contributed by atoms with E-state index in [4.69, 9.17) is 16.0 Å². The minimum atomic E-state index is -0.683. The molecule has 4 rings (SSSR count). The van der Waals surface area contributed by atoms with Crippen LogP contribution in [0.4, 0.5) is 0 Å². The van der Waals surface area contributed by atoms with Crippen LogP contribution in [0, 0.1) is 6.92 Å². The molecule has 0 unspecified atom stereocenters. The van der Waals surface area contributed by atoms with Crippen molar-refractivity contribution in [1.82, 2.24) is 21.0 Å². The van der Waals surface area contributed by atoms with E-state index in [2.05, 4.69) is 21.0 Å². The number of nitrogens with zero attached hydrogens (tertiary/aromatic N) is 1. The zero-order chi connectivity index (χ0) is 19.8. The third-order valence-electron chi connectivity index (χ3n) is 4.31. The molecule has 2 aromatic carbocycles. The maximum Gasteiger partial charge on any atom is 0.305 e. The van der Waals surface area contributed by atoms with Crippen LogP contribution in [0.5, 0.6) is 0 Å². The molecule has 0 spiro atoms. The first-order valence-corrected chi connectivity index (χ1v) is 8.60. The molecule has 4 aromatic rings. The molecule has 9 heteroatoms. The van der Waals surface area contributed by atoms with Crippen molar-refractivity contribution in [1.29, 1.82) is 0 Å². The number of benzene rings is 2. The summed E-state index contributed by atoms with van der Waals surface area (Å²) in [7, 11) is 0. The Kier molecular flexibility index (Phi) is 4.32. The quantitative estimate of drug-likeness (QED) is 0.450. The lowest BCUT2D eigenvalue weighted by molar-refractivity contribution is 0.0829. The van der Waals surface area contributed by atoms with Gasteiger partial charge in [-0.25, -0.2) is 5.10 Å². The predicted molar refractivity (Wildman–Crippen MR) is 103 cm³/mol. The second-order valence-corrected chi connectivity index (χ2v) is 6.49. The normalized spacial score (nSPS) is 10.9. The van der Waals surface area contributed by atoms with Gasteiger partial charge in [0.25, 0.3) is 11.5 Å². The van der Waals surface area contributed by atoms with Gasteiger partial charge < -0.3 is 4.42 Å². The first-order chi connectivity index (χ1) is 13.5. The Morgan fingerprint density at radius 3 is 2.54 bits per heavy atom. The van der Waals surface area contributed by atoms with Crippen LogP contribution in [-0.2, 0) is 0 Å². The molecule has 2 aromatic heterocycles. The number of hydrogen-bond donors (Lipinski definition) is 3. The van der Waals surface area contributed by atoms with Crippen molar-refractivity contribution in [2.45, 2.75) is 6.92 Å². The number of aromatic nitrogens is 2. The number of amides is 2. The van der Waals surface area contributed by atoms with E-state index in [1.165, 1.54) is 0 Å². The topological polar surface area (TPSA) is 117 Å². The number of nitrogens with one attached hydrogen (secondary N) is 3. The molecular weight excluding hydrogens is 384 g/mol. The van der Waals surface area contributed by atoms with E-state index in [1.807, 2.05) is 0 Å². The molecule has 0 bridgehead atoms. The Balaban J connectivity index is 1.58. The Morgan fingerprint density at radius 1 is 1.04 bits per heavy atom. The van der Waals surface area contributed by atoms with E-state index >= 15 is 0 Å². The second kappa shape index (κ2) is 6.82. The highest BCUT2D eigenvalue weighted by molar-refractivity contribution is 6.31. The van der Waals surface area contributed by atoms with E-state index in [0.29, 0.717) is 32.3 Å². The van der Waals surface area contributed by atoms with Crippen molar-refractivity contribution in [3.8, 4) is 0 Å². The SMILES string of the molecule is Cc1c(C(=O)NNC(=O)c2n[nH]c(=O)c3ccccc23)oc2ccc(Cl)cc12. The molecule has 0 fully saturated rings. The Bertz CT molecular complexity index is 1310. The first-order valence-electron chi connectivity index (χ1n) is 8.22. The summed E-state index contributed by atoms with van der Waals surface area (Å²) in [6, 6.07) is 11.6. The summed E-state index contributed by atoms with van der Waals surface area (Å²) in [5, 5.41) is 7.96. The van der Waals surface area contributed by atoms with Crippen LogP contribution in [-0.4, -0.2) is 22.0 Å². The fraction of sp³-hybridized carbons (Fsp3) is 0.0526. The van der Waals surface area contributed by atoms with Crippen molar-refractivity contribution < 1.29 is 14.0 Å². The standard InChI is InChI=1S/C19H13ClN4O4/c1-9-13-8-10(20)6-7-14(13)28-16(9)19(27)24-23-18(26)15-11-4-2-3-5-12(11)17(25)22-21-15/h2-8H,1H3,(H,22,25)(H,23,26)(H,24,27). The Labute approximate surface area is 162 Å². The number of furan rings is 1. The summed E-state index contributed by atoms with van der Waals surface area (Å²) in [5.74, 6) is -1.26. The average Bonchev–Trinajstić information content (AvgIpc) is 3.02. The molecule has 0 aliphatic rings. The number of fused-ring (bicyclic) bond motifs is 2. The lowest BCUT2D eigenvalue weighted by Crippen LogP contribution is -2.42. The fourth-order valence-corrected chi connectivity index (χ4v) is 3.10. The molecule has 0 radical (unpaired) electrons. The molecular formula is C19H13ClN4O4. The highest BCUT2D eigenvalue weighted by atomic mass is 35.5. The van der Waals surface area contributed by atoms with E-state index in [-0.39, 0.29) is 11.5 Å². The van der Waals surface area contributed by atoms with Gasteiger partial charge in [-0.15, -0.1) is 0 Å². The first kappa shape index (κ1) is 17.7. The number of halogens is 1. The molecule has 0 aliphatic carbocycles. The fourth-order valence-electron chi connectivity index (χ4n) is 2.93. The van der Waals surface area contributed by atoms with E-state index in [0.717, 1.165) is 0 Å². The van der Waals surface area contributed by atoms with Crippen molar-refractivity contribution in [2.75, 3.05) is 0 Å². The molecule has 0 atom stereocenters. The van der Waals surface area contributed by atoms with Gasteiger partial charge in [0, 0.05) is 21.4 Å². The van der Waals surface area contributed by atoms with Gasteiger partial charge in [-0.2, -0.15) is 5.10 Å². The number of carbonyl (C=O) groups excluding carboxylic acids is 2. The van der Waals surface area contributed by atoms with Gasteiger partial charge in [-0.3, -0.25) is 25.2 Å². The molecule has 0 saturated heterocycles.